The number of hydrogen-bond donors (Lipinski definition) is 0. The average Bonchev–Trinajstić information content (AvgIpc) is 3.71. The third-order valence-electron chi connectivity index (χ3n) is 10.6. The van der Waals surface area contributed by atoms with Crippen molar-refractivity contribution in [3.8, 4) is 22.3 Å². The fourth-order valence-electron chi connectivity index (χ4n) is 8.68. The van der Waals surface area contributed by atoms with Crippen molar-refractivity contribution in [2.45, 2.75) is 11.8 Å². The first-order valence-corrected chi connectivity index (χ1v) is 16.9. The average molecular weight is 666 g/mol. The molecule has 3 aliphatic rings. The maximum atomic E-state index is 7.03. The maximum Gasteiger partial charge on any atom is 0.143 e. The molecule has 0 spiro atoms. The number of para-hydroxylation sites is 4. The second kappa shape index (κ2) is 9.34. The summed E-state index contributed by atoms with van der Waals surface area (Å²) in [5.41, 5.74) is 16.4. The summed E-state index contributed by atoms with van der Waals surface area (Å²) >= 11 is 4.01. The molecule has 3 heteroatoms. The lowest BCUT2D eigenvalue weighted by Gasteiger charge is -2.43. The molecule has 9 aromatic rings. The number of rotatable bonds is 2. The molecule has 0 radical (unpaired) electrons. The Kier molecular flexibility index (Phi) is 5.12. The molecule has 2 bridgehead atoms. The van der Waals surface area contributed by atoms with Crippen LogP contribution in [-0.4, -0.2) is 0 Å². The van der Waals surface area contributed by atoms with Crippen LogP contribution in [0, 0.1) is 0 Å². The molecule has 2 aromatic heterocycles. The van der Waals surface area contributed by atoms with Crippen LogP contribution in [0.15, 0.2) is 153 Å². The van der Waals surface area contributed by atoms with E-state index in [4.69, 9.17) is 8.83 Å². The fraction of sp³-hybridized carbons (Fsp3) is 0.0455. The van der Waals surface area contributed by atoms with Crippen LogP contribution in [0.3, 0.4) is 0 Å². The molecule has 7 aromatic carbocycles. The van der Waals surface area contributed by atoms with Gasteiger partial charge in [0.05, 0.1) is 0 Å². The van der Waals surface area contributed by atoms with Gasteiger partial charge < -0.3 is 8.83 Å². The lowest BCUT2D eigenvalue weighted by molar-refractivity contribution is 0.665. The smallest absolute Gasteiger partial charge is 0.143 e. The van der Waals surface area contributed by atoms with Gasteiger partial charge in [-0.1, -0.05) is 143 Å². The molecule has 0 saturated carbocycles. The van der Waals surface area contributed by atoms with E-state index in [-0.39, 0.29) is 11.8 Å². The lowest BCUT2D eigenvalue weighted by Crippen LogP contribution is -2.28. The molecule has 0 N–H and O–H groups in total. The number of halogens is 1. The predicted molar refractivity (Wildman–Crippen MR) is 194 cm³/mol. The normalized spacial score (nSPS) is 16.2. The highest BCUT2D eigenvalue weighted by molar-refractivity contribution is 9.10. The zero-order valence-electron chi connectivity index (χ0n) is 25.1. The molecule has 3 aliphatic carbocycles. The Bertz CT molecular complexity index is 2730. The van der Waals surface area contributed by atoms with Crippen molar-refractivity contribution < 1.29 is 8.83 Å². The van der Waals surface area contributed by atoms with Crippen LogP contribution in [0.4, 0.5) is 0 Å². The Morgan fingerprint density at radius 3 is 1.40 bits per heavy atom. The van der Waals surface area contributed by atoms with Gasteiger partial charge in [-0.25, -0.2) is 0 Å². The van der Waals surface area contributed by atoms with Crippen molar-refractivity contribution in [1.29, 1.82) is 0 Å². The first-order chi connectivity index (χ1) is 23.3. The molecule has 2 heterocycles. The molecule has 0 fully saturated rings. The van der Waals surface area contributed by atoms with E-state index < -0.39 is 0 Å². The highest BCUT2D eigenvalue weighted by atomic mass is 79.9. The molecule has 0 saturated heterocycles. The third kappa shape index (κ3) is 3.34. The first-order valence-electron chi connectivity index (χ1n) is 16.1. The molecule has 0 amide bonds. The molecule has 220 valence electrons. The van der Waals surface area contributed by atoms with E-state index in [9.17, 15) is 0 Å². The van der Waals surface area contributed by atoms with Crippen molar-refractivity contribution in [2.75, 3.05) is 0 Å². The zero-order chi connectivity index (χ0) is 30.8. The van der Waals surface area contributed by atoms with E-state index in [1.807, 2.05) is 12.1 Å². The summed E-state index contributed by atoms with van der Waals surface area (Å²) in [6, 6.07) is 50.2. The van der Waals surface area contributed by atoms with Crippen LogP contribution >= 0.6 is 15.9 Å². The SMILES string of the molecule is Brc1ccc(-c2cccc3c2oc2c(-c4cccc5c4oc4ccccc45)cccc23)c2c1C1c3ccccc3C2c2ccccc21. The number of furan rings is 2. The van der Waals surface area contributed by atoms with E-state index in [1.54, 1.807) is 0 Å². The highest BCUT2D eigenvalue weighted by Gasteiger charge is 2.43. The van der Waals surface area contributed by atoms with Gasteiger partial charge in [0.25, 0.3) is 0 Å². The number of fused-ring (bicyclic) bond motifs is 6. The summed E-state index contributed by atoms with van der Waals surface area (Å²) in [4.78, 5) is 0. The quantitative estimate of drug-likeness (QED) is 0.184. The number of benzene rings is 7. The van der Waals surface area contributed by atoms with Crippen molar-refractivity contribution in [2.24, 2.45) is 0 Å². The third-order valence-corrected chi connectivity index (χ3v) is 11.2. The van der Waals surface area contributed by atoms with Crippen LogP contribution in [0.25, 0.3) is 66.1 Å². The minimum absolute atomic E-state index is 0.149. The molecule has 2 nitrogen and oxygen atoms in total. The molecular formula is C44H25BrO2. The van der Waals surface area contributed by atoms with E-state index in [0.717, 1.165) is 65.0 Å². The molecule has 12 rings (SSSR count). The Morgan fingerprint density at radius 1 is 0.362 bits per heavy atom. The summed E-state index contributed by atoms with van der Waals surface area (Å²) in [6.07, 6.45) is 0. The summed E-state index contributed by atoms with van der Waals surface area (Å²) in [5.74, 6) is 0.332. The van der Waals surface area contributed by atoms with Gasteiger partial charge in [0.15, 0.2) is 0 Å². The van der Waals surface area contributed by atoms with Crippen molar-refractivity contribution in [1.82, 2.24) is 0 Å². The second-order valence-electron chi connectivity index (χ2n) is 12.8. The van der Waals surface area contributed by atoms with Gasteiger partial charge in [-0.3, -0.25) is 0 Å². The van der Waals surface area contributed by atoms with E-state index >= 15 is 0 Å². The molecule has 0 unspecified atom stereocenters. The Balaban J connectivity index is 1.18. The Hall–Kier alpha value is -5.38. The van der Waals surface area contributed by atoms with E-state index in [0.29, 0.717) is 0 Å². The summed E-state index contributed by atoms with van der Waals surface area (Å²) in [6.45, 7) is 0. The van der Waals surface area contributed by atoms with Crippen LogP contribution in [0.2, 0.25) is 0 Å². The fourth-order valence-corrected chi connectivity index (χ4v) is 9.26. The maximum absolute atomic E-state index is 7.03. The zero-order valence-corrected chi connectivity index (χ0v) is 26.7. The molecule has 0 aliphatic heterocycles. The van der Waals surface area contributed by atoms with Gasteiger partial charge in [0.1, 0.15) is 22.3 Å². The van der Waals surface area contributed by atoms with Crippen LogP contribution < -0.4 is 0 Å². The second-order valence-corrected chi connectivity index (χ2v) is 13.6. The first kappa shape index (κ1) is 25.8. The van der Waals surface area contributed by atoms with Crippen molar-refractivity contribution in [3.63, 3.8) is 0 Å². The lowest BCUT2D eigenvalue weighted by atomic mass is 9.60. The van der Waals surface area contributed by atoms with Crippen LogP contribution in [0.1, 0.15) is 45.2 Å². The van der Waals surface area contributed by atoms with E-state index in [1.165, 1.54) is 38.9 Å². The van der Waals surface area contributed by atoms with Crippen LogP contribution in [-0.2, 0) is 0 Å². The van der Waals surface area contributed by atoms with Gasteiger partial charge in [0.2, 0.25) is 0 Å². The van der Waals surface area contributed by atoms with Gasteiger partial charge in [0, 0.05) is 54.5 Å². The largest absolute Gasteiger partial charge is 0.455 e. The standard InChI is InChI=1S/C44H25BrO2/c45-36-23-22-29(40-38-25-11-1-3-13-27(25)39(41(36)40)28-14-4-2-12-26(28)38)31-16-8-18-34-35-20-9-19-33(44(35)47-43(31)34)32-17-7-15-30-24-10-5-6-21-37(24)46-42(30)32/h1-23,38-39H. The molecule has 0 atom stereocenters. The highest BCUT2D eigenvalue weighted by Crippen LogP contribution is 2.59. The molecular weight excluding hydrogens is 640 g/mol. The Labute approximate surface area is 279 Å². The van der Waals surface area contributed by atoms with Crippen molar-refractivity contribution >= 4 is 59.8 Å². The predicted octanol–water partition coefficient (Wildman–Crippen LogP) is 12.6. The summed E-state index contributed by atoms with van der Waals surface area (Å²) in [7, 11) is 0. The van der Waals surface area contributed by atoms with E-state index in [2.05, 4.69) is 143 Å². The van der Waals surface area contributed by atoms with Crippen LogP contribution in [0.5, 0.6) is 0 Å². The summed E-state index contributed by atoms with van der Waals surface area (Å²) < 4.78 is 14.7. The van der Waals surface area contributed by atoms with Gasteiger partial charge in [-0.2, -0.15) is 0 Å². The minimum Gasteiger partial charge on any atom is -0.455 e. The van der Waals surface area contributed by atoms with Gasteiger partial charge in [-0.15, -0.1) is 0 Å². The summed E-state index contributed by atoms with van der Waals surface area (Å²) in [5, 5.41) is 4.47. The topological polar surface area (TPSA) is 26.3 Å². The van der Waals surface area contributed by atoms with Gasteiger partial charge in [-0.05, 0) is 51.1 Å². The minimum atomic E-state index is 0.149. The molecule has 47 heavy (non-hydrogen) atoms. The number of hydrogen-bond acceptors (Lipinski definition) is 2. The Morgan fingerprint density at radius 2 is 0.809 bits per heavy atom. The van der Waals surface area contributed by atoms with Crippen molar-refractivity contribution in [3.05, 3.63) is 177 Å². The van der Waals surface area contributed by atoms with Gasteiger partial charge >= 0.3 is 0 Å². The monoisotopic (exact) mass is 664 g/mol.